The molecule has 140 valence electrons. The Morgan fingerprint density at radius 3 is 2.57 bits per heavy atom. The van der Waals surface area contributed by atoms with E-state index < -0.39 is 0 Å². The molecule has 1 aliphatic heterocycles. The third-order valence-corrected chi connectivity index (χ3v) is 4.94. The van der Waals surface area contributed by atoms with Gasteiger partial charge in [0.2, 0.25) is 0 Å². The van der Waals surface area contributed by atoms with Gasteiger partial charge in [0.15, 0.2) is 5.65 Å². The molecule has 1 fully saturated rings. The number of fused-ring (bicyclic) bond motifs is 1. The first-order chi connectivity index (χ1) is 13.8. The van der Waals surface area contributed by atoms with Crippen LogP contribution in [0.4, 0.5) is 10.2 Å². The lowest BCUT2D eigenvalue weighted by Crippen LogP contribution is -2.22. The predicted molar refractivity (Wildman–Crippen MR) is 107 cm³/mol. The molecule has 2 N–H and O–H groups in total. The van der Waals surface area contributed by atoms with E-state index in [0.29, 0.717) is 11.9 Å². The normalized spacial score (nSPS) is 16.5. The Labute approximate surface area is 161 Å². The van der Waals surface area contributed by atoms with Crippen molar-refractivity contribution in [3.05, 3.63) is 66.7 Å². The number of imidazole rings is 1. The van der Waals surface area contributed by atoms with E-state index >= 15 is 0 Å². The lowest BCUT2D eigenvalue weighted by atomic mass is 10.2. The quantitative estimate of drug-likeness (QED) is 0.573. The van der Waals surface area contributed by atoms with Crippen LogP contribution in [0, 0.1) is 5.82 Å². The second kappa shape index (κ2) is 7.01. The number of anilines is 1. The summed E-state index contributed by atoms with van der Waals surface area (Å²) in [5.41, 5.74) is 3.27. The van der Waals surface area contributed by atoms with E-state index in [1.54, 1.807) is 24.5 Å². The van der Waals surface area contributed by atoms with Gasteiger partial charge < -0.3 is 10.6 Å². The topological polar surface area (TPSA) is 67.7 Å². The molecule has 0 saturated carbocycles. The Morgan fingerprint density at radius 1 is 1.00 bits per heavy atom. The summed E-state index contributed by atoms with van der Waals surface area (Å²) in [7, 11) is 0. The van der Waals surface area contributed by atoms with Crippen molar-refractivity contribution < 1.29 is 4.39 Å². The zero-order valence-corrected chi connectivity index (χ0v) is 15.1. The molecule has 0 unspecified atom stereocenters. The highest BCUT2D eigenvalue weighted by molar-refractivity contribution is 5.81. The summed E-state index contributed by atoms with van der Waals surface area (Å²) in [5, 5.41) is 6.84. The average molecular weight is 374 g/mol. The van der Waals surface area contributed by atoms with Gasteiger partial charge in [-0.05, 0) is 61.5 Å². The maximum atomic E-state index is 13.4. The van der Waals surface area contributed by atoms with Gasteiger partial charge in [-0.25, -0.2) is 14.4 Å². The highest BCUT2D eigenvalue weighted by Crippen LogP contribution is 2.28. The number of rotatable bonds is 4. The summed E-state index contributed by atoms with van der Waals surface area (Å²) in [6.45, 7) is 1.95. The SMILES string of the molecule is Fc1ccc(-c2nc3ccc(N[C@H]4CCNC4)nc3n2-c2ccncc2)cc1. The standard InChI is InChI=1S/C21H19FN6/c22-15-3-1-14(2-4-15)20-26-18-5-6-19(25-16-7-10-24-13-16)27-21(18)28(20)17-8-11-23-12-9-17/h1-6,8-9,11-12,16,24H,7,10,13H2,(H,25,27)/t16-/m0/s1. The second-order valence-corrected chi connectivity index (χ2v) is 6.86. The van der Waals surface area contributed by atoms with Gasteiger partial charge in [0.25, 0.3) is 0 Å². The molecule has 28 heavy (non-hydrogen) atoms. The van der Waals surface area contributed by atoms with Crippen LogP contribution in [0.1, 0.15) is 6.42 Å². The Bertz CT molecular complexity index is 1100. The second-order valence-electron chi connectivity index (χ2n) is 6.86. The molecular formula is C21H19FN6. The minimum absolute atomic E-state index is 0.273. The van der Waals surface area contributed by atoms with Crippen LogP contribution in [0.2, 0.25) is 0 Å². The van der Waals surface area contributed by atoms with Crippen LogP contribution in [0.5, 0.6) is 0 Å². The number of hydrogen-bond acceptors (Lipinski definition) is 5. The van der Waals surface area contributed by atoms with E-state index in [1.807, 2.05) is 28.8 Å². The number of nitrogens with one attached hydrogen (secondary N) is 2. The van der Waals surface area contributed by atoms with Gasteiger partial charge in [-0.1, -0.05) is 0 Å². The van der Waals surface area contributed by atoms with E-state index in [2.05, 4.69) is 15.6 Å². The molecule has 0 spiro atoms. The Hall–Kier alpha value is -3.32. The number of aromatic nitrogens is 4. The number of halogens is 1. The highest BCUT2D eigenvalue weighted by Gasteiger charge is 2.18. The molecule has 1 aliphatic rings. The van der Waals surface area contributed by atoms with Crippen LogP contribution < -0.4 is 10.6 Å². The molecule has 0 aliphatic carbocycles. The summed E-state index contributed by atoms with van der Waals surface area (Å²) >= 11 is 0. The van der Waals surface area contributed by atoms with Gasteiger partial charge in [0.05, 0.1) is 5.69 Å². The molecule has 7 heteroatoms. The van der Waals surface area contributed by atoms with Crippen LogP contribution in [-0.2, 0) is 0 Å². The van der Waals surface area contributed by atoms with Crippen LogP contribution in [0.3, 0.4) is 0 Å². The lowest BCUT2D eigenvalue weighted by molar-refractivity contribution is 0.628. The van der Waals surface area contributed by atoms with Gasteiger partial charge in [0.1, 0.15) is 23.0 Å². The maximum Gasteiger partial charge on any atom is 0.167 e. The van der Waals surface area contributed by atoms with E-state index in [4.69, 9.17) is 9.97 Å². The first kappa shape index (κ1) is 16.8. The summed E-state index contributed by atoms with van der Waals surface area (Å²) in [5.74, 6) is 1.26. The van der Waals surface area contributed by atoms with E-state index in [1.165, 1.54) is 12.1 Å². The van der Waals surface area contributed by atoms with Crippen molar-refractivity contribution in [1.82, 2.24) is 24.8 Å². The van der Waals surface area contributed by atoms with Crippen molar-refractivity contribution in [1.29, 1.82) is 0 Å². The van der Waals surface area contributed by atoms with Crippen LogP contribution in [0.15, 0.2) is 60.9 Å². The summed E-state index contributed by atoms with van der Waals surface area (Å²) in [6.07, 6.45) is 4.55. The van der Waals surface area contributed by atoms with Crippen molar-refractivity contribution in [2.24, 2.45) is 0 Å². The van der Waals surface area contributed by atoms with Crippen molar-refractivity contribution in [2.45, 2.75) is 12.5 Å². The molecule has 1 saturated heterocycles. The van der Waals surface area contributed by atoms with E-state index in [0.717, 1.165) is 47.7 Å². The molecule has 1 atom stereocenters. The Kier molecular flexibility index (Phi) is 4.21. The zero-order chi connectivity index (χ0) is 18.9. The van der Waals surface area contributed by atoms with Gasteiger partial charge in [-0.2, -0.15) is 0 Å². The lowest BCUT2D eigenvalue weighted by Gasteiger charge is -2.13. The highest BCUT2D eigenvalue weighted by atomic mass is 19.1. The molecule has 4 heterocycles. The minimum atomic E-state index is -0.273. The number of nitrogens with zero attached hydrogens (tertiary/aromatic N) is 4. The molecule has 0 amide bonds. The number of benzene rings is 1. The van der Waals surface area contributed by atoms with Gasteiger partial charge in [0, 0.05) is 30.5 Å². The van der Waals surface area contributed by atoms with E-state index in [9.17, 15) is 4.39 Å². The number of hydrogen-bond donors (Lipinski definition) is 2. The minimum Gasteiger partial charge on any atom is -0.366 e. The fraction of sp³-hybridized carbons (Fsp3) is 0.190. The molecule has 3 aromatic heterocycles. The predicted octanol–water partition coefficient (Wildman–Crippen LogP) is 3.40. The van der Waals surface area contributed by atoms with Crippen LogP contribution >= 0.6 is 0 Å². The smallest absolute Gasteiger partial charge is 0.167 e. The fourth-order valence-corrected chi connectivity index (χ4v) is 3.55. The molecule has 6 nitrogen and oxygen atoms in total. The molecule has 5 rings (SSSR count). The molecule has 1 aromatic carbocycles. The fourth-order valence-electron chi connectivity index (χ4n) is 3.55. The van der Waals surface area contributed by atoms with E-state index in [-0.39, 0.29) is 5.82 Å². The van der Waals surface area contributed by atoms with Crippen molar-refractivity contribution in [2.75, 3.05) is 18.4 Å². The number of pyridine rings is 2. The summed E-state index contributed by atoms with van der Waals surface area (Å²) in [6, 6.07) is 14.5. The van der Waals surface area contributed by atoms with Crippen LogP contribution in [-0.4, -0.2) is 38.7 Å². The van der Waals surface area contributed by atoms with Gasteiger partial charge >= 0.3 is 0 Å². The first-order valence-corrected chi connectivity index (χ1v) is 9.31. The zero-order valence-electron chi connectivity index (χ0n) is 15.1. The molecular weight excluding hydrogens is 355 g/mol. The van der Waals surface area contributed by atoms with Crippen molar-refractivity contribution in [3.63, 3.8) is 0 Å². The molecule has 0 radical (unpaired) electrons. The largest absolute Gasteiger partial charge is 0.366 e. The molecule has 0 bridgehead atoms. The van der Waals surface area contributed by atoms with Crippen molar-refractivity contribution in [3.8, 4) is 17.1 Å². The monoisotopic (exact) mass is 374 g/mol. The third-order valence-electron chi connectivity index (χ3n) is 4.94. The van der Waals surface area contributed by atoms with Gasteiger partial charge in [-0.15, -0.1) is 0 Å². The average Bonchev–Trinajstić information content (AvgIpc) is 3.37. The van der Waals surface area contributed by atoms with Crippen molar-refractivity contribution >= 4 is 17.0 Å². The Morgan fingerprint density at radius 2 is 1.82 bits per heavy atom. The Balaban J connectivity index is 1.67. The summed E-state index contributed by atoms with van der Waals surface area (Å²) in [4.78, 5) is 13.7. The van der Waals surface area contributed by atoms with Crippen LogP contribution in [0.25, 0.3) is 28.2 Å². The van der Waals surface area contributed by atoms with Gasteiger partial charge in [-0.3, -0.25) is 9.55 Å². The molecule has 4 aromatic rings. The third kappa shape index (κ3) is 3.10. The first-order valence-electron chi connectivity index (χ1n) is 9.31. The maximum absolute atomic E-state index is 13.4. The summed E-state index contributed by atoms with van der Waals surface area (Å²) < 4.78 is 15.4.